The maximum Gasteiger partial charge on any atom is 0.127 e. The smallest absolute Gasteiger partial charge is 0.127 e. The Hall–Kier alpha value is -1.26. The molecule has 0 aliphatic heterocycles. The normalized spacial score (nSPS) is 13.0. The second-order valence-electron chi connectivity index (χ2n) is 5.04. The zero-order chi connectivity index (χ0) is 15.9. The fourth-order valence-electron chi connectivity index (χ4n) is 2.98. The lowest BCUT2D eigenvalue weighted by atomic mass is 9.83. The first-order valence-electron chi connectivity index (χ1n) is 7.63. The molecule has 0 spiro atoms. The highest BCUT2D eigenvalue weighted by molar-refractivity contribution is 5.48. The molecule has 0 bridgehead atoms. The molecular weight excluding hydrogens is 266 g/mol. The van der Waals surface area contributed by atoms with Gasteiger partial charge in [-0.15, -0.1) is 0 Å². The molecule has 4 nitrogen and oxygen atoms in total. The Morgan fingerprint density at radius 3 is 1.86 bits per heavy atom. The summed E-state index contributed by atoms with van der Waals surface area (Å²) in [6.07, 6.45) is 1.80. The Bertz CT molecular complexity index is 400. The van der Waals surface area contributed by atoms with Gasteiger partial charge in [-0.2, -0.15) is 0 Å². The van der Waals surface area contributed by atoms with Crippen molar-refractivity contribution in [3.63, 3.8) is 0 Å². The second kappa shape index (κ2) is 8.25. The van der Waals surface area contributed by atoms with Crippen LogP contribution in [0.25, 0.3) is 0 Å². The van der Waals surface area contributed by atoms with Crippen molar-refractivity contribution < 1.29 is 14.2 Å². The monoisotopic (exact) mass is 295 g/mol. The molecule has 0 aliphatic carbocycles. The minimum absolute atomic E-state index is 0.00796. The van der Waals surface area contributed by atoms with Crippen molar-refractivity contribution in [1.29, 1.82) is 0 Å². The van der Waals surface area contributed by atoms with E-state index in [4.69, 9.17) is 14.2 Å². The lowest BCUT2D eigenvalue weighted by molar-refractivity contribution is -0.0491. The highest BCUT2D eigenvalue weighted by atomic mass is 16.5. The van der Waals surface area contributed by atoms with Gasteiger partial charge in [0.25, 0.3) is 0 Å². The summed E-state index contributed by atoms with van der Waals surface area (Å²) in [7, 11) is 5.15. The van der Waals surface area contributed by atoms with E-state index in [9.17, 15) is 0 Å². The SMILES string of the molecule is CCNC(c1c(OC)cccc1OC)C(CC)(CC)OC. The van der Waals surface area contributed by atoms with Crippen molar-refractivity contribution >= 4 is 0 Å². The second-order valence-corrected chi connectivity index (χ2v) is 5.04. The largest absolute Gasteiger partial charge is 0.496 e. The van der Waals surface area contributed by atoms with Gasteiger partial charge in [0.1, 0.15) is 11.5 Å². The predicted octanol–water partition coefficient (Wildman–Crippen LogP) is 3.56. The first kappa shape index (κ1) is 17.8. The highest BCUT2D eigenvalue weighted by Gasteiger charge is 2.39. The van der Waals surface area contributed by atoms with Crippen LogP contribution in [0.2, 0.25) is 0 Å². The van der Waals surface area contributed by atoms with Crippen molar-refractivity contribution in [3.05, 3.63) is 23.8 Å². The Labute approximate surface area is 128 Å². The summed E-state index contributed by atoms with van der Waals surface area (Å²) in [4.78, 5) is 0. The van der Waals surface area contributed by atoms with E-state index in [1.54, 1.807) is 21.3 Å². The number of likely N-dealkylation sites (N-methyl/N-ethyl adjacent to an activating group) is 1. The van der Waals surface area contributed by atoms with Crippen LogP contribution in [-0.4, -0.2) is 33.5 Å². The van der Waals surface area contributed by atoms with E-state index >= 15 is 0 Å². The van der Waals surface area contributed by atoms with Crippen LogP contribution in [0.15, 0.2) is 18.2 Å². The van der Waals surface area contributed by atoms with E-state index in [0.29, 0.717) is 0 Å². The summed E-state index contributed by atoms with van der Waals surface area (Å²) >= 11 is 0. The molecule has 0 aromatic heterocycles. The van der Waals surface area contributed by atoms with Crippen molar-refractivity contribution in [2.45, 2.75) is 45.3 Å². The van der Waals surface area contributed by atoms with Crippen LogP contribution < -0.4 is 14.8 Å². The zero-order valence-electron chi connectivity index (χ0n) is 14.2. The van der Waals surface area contributed by atoms with Crippen molar-refractivity contribution in [3.8, 4) is 11.5 Å². The maximum absolute atomic E-state index is 5.93. The standard InChI is InChI=1S/C17H29NO3/c1-7-17(8-2,21-6)16(18-9-3)15-13(19-4)11-10-12-14(15)20-5/h10-12,16,18H,7-9H2,1-6H3. The Morgan fingerprint density at radius 2 is 1.52 bits per heavy atom. The van der Waals surface area contributed by atoms with Crippen LogP contribution >= 0.6 is 0 Å². The van der Waals surface area contributed by atoms with Crippen molar-refractivity contribution in [2.75, 3.05) is 27.9 Å². The Morgan fingerprint density at radius 1 is 1.00 bits per heavy atom. The molecule has 0 fully saturated rings. The predicted molar refractivity (Wildman–Crippen MR) is 86.3 cm³/mol. The van der Waals surface area contributed by atoms with Gasteiger partial charge in [0, 0.05) is 7.11 Å². The molecule has 21 heavy (non-hydrogen) atoms. The van der Waals surface area contributed by atoms with Crippen LogP contribution in [-0.2, 0) is 4.74 Å². The third-order valence-electron chi connectivity index (χ3n) is 4.29. The maximum atomic E-state index is 5.93. The van der Waals surface area contributed by atoms with E-state index in [0.717, 1.165) is 36.4 Å². The van der Waals surface area contributed by atoms with E-state index in [1.807, 2.05) is 18.2 Å². The van der Waals surface area contributed by atoms with E-state index in [1.165, 1.54) is 0 Å². The third-order valence-corrected chi connectivity index (χ3v) is 4.29. The van der Waals surface area contributed by atoms with Gasteiger partial charge in [-0.1, -0.05) is 26.8 Å². The van der Waals surface area contributed by atoms with Crippen molar-refractivity contribution in [2.24, 2.45) is 0 Å². The number of methoxy groups -OCH3 is 3. The molecule has 4 heteroatoms. The van der Waals surface area contributed by atoms with Gasteiger partial charge in [0.05, 0.1) is 31.4 Å². The van der Waals surface area contributed by atoms with E-state index < -0.39 is 0 Å². The summed E-state index contributed by atoms with van der Waals surface area (Å²) < 4.78 is 17.1. The van der Waals surface area contributed by atoms with E-state index in [2.05, 4.69) is 26.1 Å². The Kier molecular flexibility index (Phi) is 6.99. The summed E-state index contributed by atoms with van der Waals surface area (Å²) in [5.74, 6) is 1.65. The van der Waals surface area contributed by atoms with Gasteiger partial charge in [-0.25, -0.2) is 0 Å². The lowest BCUT2D eigenvalue weighted by Crippen LogP contribution is -2.45. The van der Waals surface area contributed by atoms with Crippen LogP contribution in [0, 0.1) is 0 Å². The molecule has 0 heterocycles. The average Bonchev–Trinajstić information content (AvgIpc) is 2.55. The number of benzene rings is 1. The number of nitrogens with one attached hydrogen (secondary N) is 1. The first-order valence-corrected chi connectivity index (χ1v) is 7.63. The minimum Gasteiger partial charge on any atom is -0.496 e. The molecule has 1 N–H and O–H groups in total. The van der Waals surface area contributed by atoms with Gasteiger partial charge in [-0.05, 0) is 31.5 Å². The van der Waals surface area contributed by atoms with Gasteiger partial charge in [0.15, 0.2) is 0 Å². The van der Waals surface area contributed by atoms with Gasteiger partial charge < -0.3 is 19.5 Å². The fraction of sp³-hybridized carbons (Fsp3) is 0.647. The number of hydrogen-bond donors (Lipinski definition) is 1. The third kappa shape index (κ3) is 3.50. The van der Waals surface area contributed by atoms with Crippen LogP contribution in [0.3, 0.4) is 0 Å². The van der Waals surface area contributed by atoms with Gasteiger partial charge in [0.2, 0.25) is 0 Å². The molecule has 1 unspecified atom stereocenters. The summed E-state index contributed by atoms with van der Waals surface area (Å²) in [5.41, 5.74) is 0.729. The molecule has 1 aromatic rings. The molecule has 0 saturated carbocycles. The average molecular weight is 295 g/mol. The molecule has 1 atom stereocenters. The van der Waals surface area contributed by atoms with Crippen LogP contribution in [0.4, 0.5) is 0 Å². The van der Waals surface area contributed by atoms with Gasteiger partial charge in [-0.3, -0.25) is 0 Å². The van der Waals surface area contributed by atoms with E-state index in [-0.39, 0.29) is 11.6 Å². The Balaban J connectivity index is 3.47. The molecule has 0 aliphatic rings. The summed E-state index contributed by atoms with van der Waals surface area (Å²) in [5, 5.41) is 3.56. The molecular formula is C17H29NO3. The number of hydrogen-bond acceptors (Lipinski definition) is 4. The number of rotatable bonds is 9. The van der Waals surface area contributed by atoms with Crippen molar-refractivity contribution in [1.82, 2.24) is 5.32 Å². The van der Waals surface area contributed by atoms with Crippen LogP contribution in [0.1, 0.15) is 45.2 Å². The minimum atomic E-state index is -0.294. The number of ether oxygens (including phenoxy) is 3. The molecule has 1 aromatic carbocycles. The topological polar surface area (TPSA) is 39.7 Å². The quantitative estimate of drug-likeness (QED) is 0.756. The van der Waals surface area contributed by atoms with Crippen LogP contribution in [0.5, 0.6) is 11.5 Å². The zero-order valence-corrected chi connectivity index (χ0v) is 14.2. The lowest BCUT2D eigenvalue weighted by Gasteiger charge is -2.40. The molecule has 120 valence electrons. The summed E-state index contributed by atoms with van der Waals surface area (Å²) in [6.45, 7) is 7.25. The molecule has 0 saturated heterocycles. The van der Waals surface area contributed by atoms with Gasteiger partial charge >= 0.3 is 0 Å². The molecule has 1 rings (SSSR count). The molecule has 0 radical (unpaired) electrons. The highest BCUT2D eigenvalue weighted by Crippen LogP contribution is 2.43. The summed E-state index contributed by atoms with van der Waals surface area (Å²) in [6, 6.07) is 5.88. The first-order chi connectivity index (χ1) is 10.1. The fourth-order valence-corrected chi connectivity index (χ4v) is 2.98. The molecule has 0 amide bonds.